The lowest BCUT2D eigenvalue weighted by Crippen LogP contribution is -2.25. The van der Waals surface area contributed by atoms with Crippen LogP contribution < -0.4 is 4.90 Å². The van der Waals surface area contributed by atoms with Crippen molar-refractivity contribution >= 4 is 16.9 Å². The highest BCUT2D eigenvalue weighted by molar-refractivity contribution is 5.90. The number of hydrogen-bond acceptors (Lipinski definition) is 4. The van der Waals surface area contributed by atoms with Crippen molar-refractivity contribution in [3.05, 3.63) is 125 Å². The Hall–Kier alpha value is -3.96. The Bertz CT molecular complexity index is 1520. The Balaban J connectivity index is 1.46. The fourth-order valence-corrected chi connectivity index (χ4v) is 5.95. The van der Waals surface area contributed by atoms with Crippen molar-refractivity contribution in [3.63, 3.8) is 0 Å². The van der Waals surface area contributed by atoms with Crippen LogP contribution in [0.1, 0.15) is 60.5 Å². The van der Waals surface area contributed by atoms with Crippen molar-refractivity contribution in [1.82, 2.24) is 14.5 Å². The molecule has 0 radical (unpaired) electrons. The summed E-state index contributed by atoms with van der Waals surface area (Å²) in [4.78, 5) is 13.2. The lowest BCUT2D eigenvalue weighted by atomic mass is 9.94. The SMILES string of the molecule is CC(C)Cn1c(COCc2ccccc2)nc2c(N(Cc3ccccc3)Cc3ccccc3)nc3c(c21)CCCC3. The van der Waals surface area contributed by atoms with Gasteiger partial charge in [0.15, 0.2) is 5.82 Å². The second kappa shape index (κ2) is 12.7. The largest absolute Gasteiger partial charge is 0.369 e. The Morgan fingerprint density at radius 3 is 1.93 bits per heavy atom. The highest BCUT2D eigenvalue weighted by Gasteiger charge is 2.26. The van der Waals surface area contributed by atoms with Crippen LogP contribution in [-0.4, -0.2) is 14.5 Å². The molecule has 0 spiro atoms. The van der Waals surface area contributed by atoms with E-state index in [0.29, 0.717) is 19.1 Å². The summed E-state index contributed by atoms with van der Waals surface area (Å²) in [6.07, 6.45) is 4.47. The predicted octanol–water partition coefficient (Wildman–Crippen LogP) is 7.89. The van der Waals surface area contributed by atoms with E-state index < -0.39 is 0 Å². The van der Waals surface area contributed by atoms with Gasteiger partial charge < -0.3 is 14.2 Å². The molecular weight excluding hydrogens is 504 g/mol. The molecule has 5 nitrogen and oxygen atoms in total. The van der Waals surface area contributed by atoms with Crippen LogP contribution in [-0.2, 0) is 50.4 Å². The minimum absolute atomic E-state index is 0.474. The number of imidazole rings is 1. The van der Waals surface area contributed by atoms with Crippen molar-refractivity contribution in [3.8, 4) is 0 Å². The highest BCUT2D eigenvalue weighted by atomic mass is 16.5. The number of hydrogen-bond donors (Lipinski definition) is 0. The zero-order valence-electron chi connectivity index (χ0n) is 24.3. The molecule has 5 aromatic rings. The summed E-state index contributed by atoms with van der Waals surface area (Å²) in [6, 6.07) is 31.8. The first-order chi connectivity index (χ1) is 20.2. The summed E-state index contributed by atoms with van der Waals surface area (Å²) in [5.41, 5.74) is 8.62. The average Bonchev–Trinajstić information content (AvgIpc) is 3.35. The quantitative estimate of drug-likeness (QED) is 0.170. The molecule has 0 fully saturated rings. The van der Waals surface area contributed by atoms with Crippen LogP contribution in [0.5, 0.6) is 0 Å². The molecule has 0 amide bonds. The normalized spacial score (nSPS) is 13.0. The second-order valence-corrected chi connectivity index (χ2v) is 11.6. The Morgan fingerprint density at radius 2 is 1.32 bits per heavy atom. The van der Waals surface area contributed by atoms with E-state index in [2.05, 4.69) is 108 Å². The number of aromatic nitrogens is 3. The molecule has 0 saturated carbocycles. The average molecular weight is 545 g/mol. The van der Waals surface area contributed by atoms with E-state index in [1.807, 2.05) is 6.07 Å². The van der Waals surface area contributed by atoms with Crippen molar-refractivity contribution in [2.24, 2.45) is 5.92 Å². The Morgan fingerprint density at radius 1 is 0.732 bits per heavy atom. The summed E-state index contributed by atoms with van der Waals surface area (Å²) in [6.45, 7) is 8.07. The summed E-state index contributed by atoms with van der Waals surface area (Å²) >= 11 is 0. The van der Waals surface area contributed by atoms with Gasteiger partial charge in [-0.3, -0.25) is 0 Å². The van der Waals surface area contributed by atoms with Crippen LogP contribution in [0.25, 0.3) is 11.0 Å². The van der Waals surface area contributed by atoms with E-state index in [1.54, 1.807) is 0 Å². The van der Waals surface area contributed by atoms with Gasteiger partial charge in [0.05, 0.1) is 12.1 Å². The molecule has 0 unspecified atom stereocenters. The van der Waals surface area contributed by atoms with Gasteiger partial charge in [0, 0.05) is 25.3 Å². The van der Waals surface area contributed by atoms with Crippen LogP contribution in [0.3, 0.4) is 0 Å². The molecule has 41 heavy (non-hydrogen) atoms. The monoisotopic (exact) mass is 544 g/mol. The van der Waals surface area contributed by atoms with E-state index in [1.165, 1.54) is 46.3 Å². The molecule has 2 heterocycles. The number of fused-ring (bicyclic) bond motifs is 3. The van der Waals surface area contributed by atoms with Crippen molar-refractivity contribution < 1.29 is 4.74 Å². The molecule has 0 aliphatic heterocycles. The number of aryl methyl sites for hydroxylation is 2. The standard InChI is InChI=1S/C36H40N4O/c1-27(2)22-40-33(26-41-25-30-18-10-5-11-19-30)38-34-35(40)31-20-12-13-21-32(31)37-36(34)39(23-28-14-6-3-7-15-28)24-29-16-8-4-9-17-29/h3-11,14-19,27H,12-13,20-26H2,1-2H3. The molecule has 0 bridgehead atoms. The third-order valence-electron chi connectivity index (χ3n) is 7.85. The number of ether oxygens (including phenoxy) is 1. The number of pyridine rings is 1. The summed E-state index contributed by atoms with van der Waals surface area (Å²) < 4.78 is 8.72. The van der Waals surface area contributed by atoms with E-state index in [4.69, 9.17) is 14.7 Å². The molecule has 3 aromatic carbocycles. The molecule has 2 aromatic heterocycles. The van der Waals surface area contributed by atoms with Crippen molar-refractivity contribution in [1.29, 1.82) is 0 Å². The van der Waals surface area contributed by atoms with Crippen LogP contribution in [0.2, 0.25) is 0 Å². The summed E-state index contributed by atoms with van der Waals surface area (Å²) in [5.74, 6) is 2.46. The summed E-state index contributed by atoms with van der Waals surface area (Å²) in [5, 5.41) is 0. The van der Waals surface area contributed by atoms with Crippen LogP contribution in [0.4, 0.5) is 5.82 Å². The van der Waals surface area contributed by atoms with E-state index in [-0.39, 0.29) is 0 Å². The fourth-order valence-electron chi connectivity index (χ4n) is 5.95. The zero-order chi connectivity index (χ0) is 28.0. The van der Waals surface area contributed by atoms with Crippen LogP contribution in [0.15, 0.2) is 91.0 Å². The van der Waals surface area contributed by atoms with Crippen LogP contribution in [0, 0.1) is 5.92 Å². The lowest BCUT2D eigenvalue weighted by molar-refractivity contribution is 0.0992. The first-order valence-electron chi connectivity index (χ1n) is 15.0. The van der Waals surface area contributed by atoms with E-state index in [9.17, 15) is 0 Å². The molecule has 5 heteroatoms. The Labute approximate surface area is 243 Å². The number of rotatable bonds is 11. The Kier molecular flexibility index (Phi) is 8.43. The van der Waals surface area contributed by atoms with E-state index in [0.717, 1.165) is 49.6 Å². The number of nitrogens with zero attached hydrogens (tertiary/aromatic N) is 4. The van der Waals surface area contributed by atoms with Gasteiger partial charge in [-0.1, -0.05) is 105 Å². The van der Waals surface area contributed by atoms with Crippen molar-refractivity contribution in [2.75, 3.05) is 4.90 Å². The maximum atomic E-state index is 6.28. The predicted molar refractivity (Wildman–Crippen MR) is 167 cm³/mol. The lowest BCUT2D eigenvalue weighted by Gasteiger charge is -2.27. The highest BCUT2D eigenvalue weighted by Crippen LogP contribution is 2.36. The third-order valence-corrected chi connectivity index (χ3v) is 7.85. The minimum atomic E-state index is 0.474. The number of benzene rings is 3. The smallest absolute Gasteiger partial charge is 0.157 e. The third kappa shape index (κ3) is 6.36. The maximum Gasteiger partial charge on any atom is 0.157 e. The molecule has 0 atom stereocenters. The molecule has 0 N–H and O–H groups in total. The van der Waals surface area contributed by atoms with Crippen molar-refractivity contribution in [2.45, 2.75) is 72.4 Å². The molecule has 1 aliphatic rings. The van der Waals surface area contributed by atoms with Gasteiger partial charge in [0.25, 0.3) is 0 Å². The number of anilines is 1. The van der Waals surface area contributed by atoms with Gasteiger partial charge in [-0.25, -0.2) is 9.97 Å². The zero-order valence-corrected chi connectivity index (χ0v) is 24.3. The second-order valence-electron chi connectivity index (χ2n) is 11.6. The van der Waals surface area contributed by atoms with Gasteiger partial charge in [0.2, 0.25) is 0 Å². The van der Waals surface area contributed by atoms with E-state index >= 15 is 0 Å². The van der Waals surface area contributed by atoms with Gasteiger partial charge in [-0.2, -0.15) is 0 Å². The topological polar surface area (TPSA) is 43.2 Å². The van der Waals surface area contributed by atoms with Gasteiger partial charge in [0.1, 0.15) is 17.9 Å². The molecular formula is C36H40N4O. The summed E-state index contributed by atoms with van der Waals surface area (Å²) in [7, 11) is 0. The maximum absolute atomic E-state index is 6.28. The molecule has 6 rings (SSSR count). The van der Waals surface area contributed by atoms with Gasteiger partial charge in [-0.05, 0) is 53.9 Å². The first kappa shape index (κ1) is 27.2. The van der Waals surface area contributed by atoms with Gasteiger partial charge >= 0.3 is 0 Å². The molecule has 1 aliphatic carbocycles. The minimum Gasteiger partial charge on any atom is -0.369 e. The molecule has 0 saturated heterocycles. The first-order valence-corrected chi connectivity index (χ1v) is 15.0. The van der Waals surface area contributed by atoms with Gasteiger partial charge in [-0.15, -0.1) is 0 Å². The van der Waals surface area contributed by atoms with Crippen LogP contribution >= 0.6 is 0 Å². The molecule has 210 valence electrons. The fraction of sp³-hybridized carbons (Fsp3) is 0.333.